The summed E-state index contributed by atoms with van der Waals surface area (Å²) in [6.45, 7) is 0.570. The van der Waals surface area contributed by atoms with Crippen LogP contribution in [0.2, 0.25) is 5.02 Å². The topological polar surface area (TPSA) is 25.2 Å². The minimum Gasteiger partial charge on any atom is -0.451 e. The molecule has 2 nitrogen and oxygen atoms in total. The summed E-state index contributed by atoms with van der Waals surface area (Å²) in [5.41, 5.74) is 0.865. The van der Waals surface area contributed by atoms with Crippen molar-refractivity contribution >= 4 is 65.1 Å². The standard InChI is InChI=1S/C11H7Br3ClNO/c12-6-1-2-9(15)10(3-6)16-5-7-4-8(13)11(14)17-7/h1-4,16H,5H2. The zero-order valence-electron chi connectivity index (χ0n) is 8.44. The Morgan fingerprint density at radius 1 is 1.18 bits per heavy atom. The summed E-state index contributed by atoms with van der Waals surface area (Å²) in [6, 6.07) is 7.56. The molecular weight excluding hydrogens is 437 g/mol. The van der Waals surface area contributed by atoms with Crippen molar-refractivity contribution in [2.24, 2.45) is 0 Å². The summed E-state index contributed by atoms with van der Waals surface area (Å²) >= 11 is 16.1. The molecule has 0 unspecified atom stereocenters. The number of rotatable bonds is 3. The number of nitrogens with one attached hydrogen (secondary N) is 1. The SMILES string of the molecule is Clc1ccc(Br)cc1NCc1cc(Br)c(Br)o1. The van der Waals surface area contributed by atoms with Gasteiger partial charge in [0.05, 0.1) is 21.7 Å². The molecular formula is C11H7Br3ClNO. The Labute approximate surface area is 129 Å². The minimum absolute atomic E-state index is 0.570. The van der Waals surface area contributed by atoms with Crippen LogP contribution < -0.4 is 5.32 Å². The van der Waals surface area contributed by atoms with Gasteiger partial charge in [-0.15, -0.1) is 0 Å². The van der Waals surface area contributed by atoms with Crippen molar-refractivity contribution in [2.45, 2.75) is 6.54 Å². The number of halogens is 4. The van der Waals surface area contributed by atoms with Crippen LogP contribution in [0.25, 0.3) is 0 Å². The molecule has 6 heteroatoms. The van der Waals surface area contributed by atoms with Gasteiger partial charge in [0, 0.05) is 4.47 Å². The van der Waals surface area contributed by atoms with Crippen LogP contribution in [0.4, 0.5) is 5.69 Å². The molecule has 0 aliphatic rings. The lowest BCUT2D eigenvalue weighted by Crippen LogP contribution is -1.98. The largest absolute Gasteiger partial charge is 0.451 e. The molecule has 2 rings (SSSR count). The van der Waals surface area contributed by atoms with E-state index in [1.807, 2.05) is 24.3 Å². The summed E-state index contributed by atoms with van der Waals surface area (Å²) in [4.78, 5) is 0. The van der Waals surface area contributed by atoms with Crippen LogP contribution in [0.1, 0.15) is 5.76 Å². The molecule has 0 atom stereocenters. The highest BCUT2D eigenvalue weighted by Gasteiger charge is 2.07. The van der Waals surface area contributed by atoms with Crippen molar-refractivity contribution in [3.05, 3.63) is 48.7 Å². The molecule has 1 heterocycles. The molecule has 0 saturated heterocycles. The van der Waals surface area contributed by atoms with Crippen LogP contribution in [0.5, 0.6) is 0 Å². The quantitative estimate of drug-likeness (QED) is 0.644. The highest BCUT2D eigenvalue weighted by Crippen LogP contribution is 2.29. The molecule has 0 radical (unpaired) electrons. The Kier molecular flexibility index (Phi) is 4.58. The van der Waals surface area contributed by atoms with Crippen LogP contribution in [0.3, 0.4) is 0 Å². The van der Waals surface area contributed by atoms with E-state index in [0.29, 0.717) is 16.2 Å². The first kappa shape index (κ1) is 13.5. The Morgan fingerprint density at radius 2 is 1.94 bits per heavy atom. The van der Waals surface area contributed by atoms with Gasteiger partial charge in [-0.25, -0.2) is 0 Å². The van der Waals surface area contributed by atoms with Crippen molar-refractivity contribution in [1.29, 1.82) is 0 Å². The monoisotopic (exact) mass is 441 g/mol. The van der Waals surface area contributed by atoms with Crippen molar-refractivity contribution < 1.29 is 4.42 Å². The molecule has 0 aliphatic heterocycles. The molecule has 0 amide bonds. The summed E-state index contributed by atoms with van der Waals surface area (Å²) in [5, 5.41) is 3.89. The van der Waals surface area contributed by atoms with Crippen molar-refractivity contribution in [3.8, 4) is 0 Å². The van der Waals surface area contributed by atoms with Crippen LogP contribution in [0, 0.1) is 0 Å². The molecule has 1 N–H and O–H groups in total. The maximum absolute atomic E-state index is 6.07. The molecule has 90 valence electrons. The summed E-state index contributed by atoms with van der Waals surface area (Å²) < 4.78 is 8.02. The second-order valence-corrected chi connectivity index (χ2v) is 6.21. The molecule has 0 spiro atoms. The van der Waals surface area contributed by atoms with E-state index in [4.69, 9.17) is 16.0 Å². The smallest absolute Gasteiger partial charge is 0.183 e. The van der Waals surface area contributed by atoms with Crippen molar-refractivity contribution in [1.82, 2.24) is 0 Å². The fourth-order valence-corrected chi connectivity index (χ4v) is 2.50. The van der Waals surface area contributed by atoms with E-state index in [9.17, 15) is 0 Å². The van der Waals surface area contributed by atoms with Gasteiger partial charge in [-0.1, -0.05) is 27.5 Å². The number of hydrogen-bond donors (Lipinski definition) is 1. The average molecular weight is 444 g/mol. The third kappa shape index (κ3) is 3.50. The van der Waals surface area contributed by atoms with Gasteiger partial charge in [-0.2, -0.15) is 0 Å². The second-order valence-electron chi connectivity index (χ2n) is 3.31. The van der Waals surface area contributed by atoms with Gasteiger partial charge in [-0.3, -0.25) is 0 Å². The van der Waals surface area contributed by atoms with Crippen LogP contribution in [0.15, 0.2) is 42.3 Å². The van der Waals surface area contributed by atoms with E-state index < -0.39 is 0 Å². The Morgan fingerprint density at radius 3 is 2.59 bits per heavy atom. The van der Waals surface area contributed by atoms with Gasteiger partial charge in [-0.05, 0) is 56.1 Å². The first-order valence-electron chi connectivity index (χ1n) is 4.69. The normalized spacial score (nSPS) is 10.6. The Bertz CT molecular complexity index is 522. The maximum Gasteiger partial charge on any atom is 0.183 e. The number of furan rings is 1. The third-order valence-electron chi connectivity index (χ3n) is 2.08. The van der Waals surface area contributed by atoms with E-state index in [2.05, 4.69) is 53.1 Å². The Balaban J connectivity index is 2.09. The predicted molar refractivity (Wildman–Crippen MR) is 80.6 cm³/mol. The van der Waals surface area contributed by atoms with Gasteiger partial charge in [0.1, 0.15) is 5.76 Å². The van der Waals surface area contributed by atoms with Gasteiger partial charge in [0.2, 0.25) is 0 Å². The molecule has 0 saturated carbocycles. The zero-order valence-corrected chi connectivity index (χ0v) is 14.0. The van der Waals surface area contributed by atoms with E-state index in [-0.39, 0.29) is 0 Å². The second kappa shape index (κ2) is 5.78. The first-order chi connectivity index (χ1) is 8.06. The third-order valence-corrected chi connectivity index (χ3v) is 4.61. The summed E-state index contributed by atoms with van der Waals surface area (Å²) in [5.74, 6) is 0.819. The van der Waals surface area contributed by atoms with Gasteiger partial charge >= 0.3 is 0 Å². The first-order valence-corrected chi connectivity index (χ1v) is 7.44. The van der Waals surface area contributed by atoms with E-state index in [1.165, 1.54) is 0 Å². The number of hydrogen-bond acceptors (Lipinski definition) is 2. The average Bonchev–Trinajstić information content (AvgIpc) is 2.60. The van der Waals surface area contributed by atoms with Crippen LogP contribution >= 0.6 is 59.4 Å². The molecule has 1 aromatic carbocycles. The predicted octanol–water partition coefficient (Wildman–Crippen LogP) is 5.83. The highest BCUT2D eigenvalue weighted by molar-refractivity contribution is 9.13. The maximum atomic E-state index is 6.07. The molecule has 0 aliphatic carbocycles. The lowest BCUT2D eigenvalue weighted by atomic mass is 10.3. The van der Waals surface area contributed by atoms with Gasteiger partial charge < -0.3 is 9.73 Å². The molecule has 1 aromatic heterocycles. The van der Waals surface area contributed by atoms with Crippen LogP contribution in [-0.2, 0) is 6.54 Å². The Hall–Kier alpha value is 0.0300. The number of benzene rings is 1. The zero-order chi connectivity index (χ0) is 12.4. The molecule has 17 heavy (non-hydrogen) atoms. The fraction of sp³-hybridized carbons (Fsp3) is 0.0909. The van der Waals surface area contributed by atoms with Gasteiger partial charge in [0.25, 0.3) is 0 Å². The summed E-state index contributed by atoms with van der Waals surface area (Å²) in [6.07, 6.45) is 0. The molecule has 0 fully saturated rings. The number of anilines is 1. The highest BCUT2D eigenvalue weighted by atomic mass is 79.9. The van der Waals surface area contributed by atoms with Gasteiger partial charge in [0.15, 0.2) is 4.67 Å². The molecule has 2 aromatic rings. The van der Waals surface area contributed by atoms with Crippen molar-refractivity contribution in [3.63, 3.8) is 0 Å². The lowest BCUT2D eigenvalue weighted by molar-refractivity contribution is 0.494. The van der Waals surface area contributed by atoms with E-state index in [1.54, 1.807) is 0 Å². The van der Waals surface area contributed by atoms with Crippen molar-refractivity contribution in [2.75, 3.05) is 5.32 Å². The van der Waals surface area contributed by atoms with E-state index in [0.717, 1.165) is 20.4 Å². The summed E-state index contributed by atoms with van der Waals surface area (Å²) in [7, 11) is 0. The lowest BCUT2D eigenvalue weighted by Gasteiger charge is -2.07. The molecule has 0 bridgehead atoms. The fourth-order valence-electron chi connectivity index (χ4n) is 1.29. The minimum atomic E-state index is 0.570. The van der Waals surface area contributed by atoms with E-state index >= 15 is 0 Å². The van der Waals surface area contributed by atoms with Crippen LogP contribution in [-0.4, -0.2) is 0 Å².